The number of amides is 5. The third-order valence-corrected chi connectivity index (χ3v) is 19.3. The predicted octanol–water partition coefficient (Wildman–Crippen LogP) is 11.6. The lowest BCUT2D eigenvalue weighted by atomic mass is 10.0. The Hall–Kier alpha value is -13.3. The zero-order valence-electron chi connectivity index (χ0n) is 66.2. The van der Waals surface area contributed by atoms with Crippen LogP contribution in [0.15, 0.2) is 180 Å². The van der Waals surface area contributed by atoms with Crippen LogP contribution < -0.4 is 41.8 Å². The number of phenols is 1. The fourth-order valence-corrected chi connectivity index (χ4v) is 13.4. The van der Waals surface area contributed by atoms with E-state index in [1.807, 2.05) is 0 Å². The molecule has 7 aliphatic heterocycles. The van der Waals surface area contributed by atoms with E-state index >= 15 is 0 Å². The summed E-state index contributed by atoms with van der Waals surface area (Å²) in [5.41, 5.74) is 0.501. The van der Waals surface area contributed by atoms with E-state index in [-0.39, 0.29) is 83.8 Å². The van der Waals surface area contributed by atoms with Crippen LogP contribution in [0.3, 0.4) is 0 Å². The van der Waals surface area contributed by atoms with E-state index in [1.165, 1.54) is 146 Å². The highest BCUT2D eigenvalue weighted by molar-refractivity contribution is 7.86. The zero-order valence-corrected chi connectivity index (χ0v) is 67.0. The normalized spacial score (nSPS) is 17.4. The first-order chi connectivity index (χ1) is 57.7. The third-order valence-electron chi connectivity index (χ3n) is 18.7. The smallest absolute Gasteiger partial charge is 0.410 e. The number of nitrogens with zero attached hydrogens (tertiary/aromatic N) is 8. The molecule has 0 saturated carbocycles. The zero-order chi connectivity index (χ0) is 87.8. The summed E-state index contributed by atoms with van der Waals surface area (Å²) >= 11 is 0. The van der Waals surface area contributed by atoms with E-state index in [0.29, 0.717) is 80.7 Å². The number of aliphatic imine (C=N–C) groups is 1. The summed E-state index contributed by atoms with van der Waals surface area (Å²) in [4.78, 5) is 112. The van der Waals surface area contributed by atoms with Crippen molar-refractivity contribution >= 4 is 96.5 Å². The van der Waals surface area contributed by atoms with Crippen LogP contribution in [-0.4, -0.2) is 195 Å². The molecule has 4 fully saturated rings. The predicted molar refractivity (Wildman–Crippen MR) is 432 cm³/mol. The molecule has 7 aliphatic rings. The summed E-state index contributed by atoms with van der Waals surface area (Å²) in [7, 11) is -3.45. The average molecular weight is 1720 g/mol. The number of carbonyl (C=O) groups is 4. The van der Waals surface area contributed by atoms with Crippen LogP contribution in [0.5, 0.6) is 23.0 Å². The molecule has 0 aliphatic carbocycles. The van der Waals surface area contributed by atoms with Crippen molar-refractivity contribution in [2.24, 2.45) is 21.1 Å². The molecule has 1 unspecified atom stereocenters. The van der Waals surface area contributed by atoms with E-state index in [9.17, 15) is 81.9 Å². The summed E-state index contributed by atoms with van der Waals surface area (Å²) in [6, 6.07) is 27.0. The lowest BCUT2D eigenvalue weighted by Gasteiger charge is -2.41. The van der Waals surface area contributed by atoms with Crippen molar-refractivity contribution < 1.29 is 95.7 Å². The van der Waals surface area contributed by atoms with Gasteiger partial charge in [0.05, 0.1) is 85.6 Å². The van der Waals surface area contributed by atoms with E-state index in [2.05, 4.69) is 40.4 Å². The number of aromatic nitrogens is 4. The van der Waals surface area contributed by atoms with Crippen LogP contribution >= 0.6 is 0 Å². The van der Waals surface area contributed by atoms with Gasteiger partial charge in [0.2, 0.25) is 22.2 Å². The SMILES string of the molecule is CC(C)(C)OC(=O)N1CC(OS(C)(=O)=O)C1.CC(C)(C)OC(=O)N1CC(Oc2cc3[nH]c(=O)ccc3cc2F)C1.O=C(C1C=CN=C1)N1N=CC[C@H]1c1cc(F)cc(F)c1.O=C(N1CC(Oc2cc3[nH]c(=O)ccc3cc2F)C1)N1N=CC[C@H]1c1cc(F)cc(F)c1.O=c1ccc2cc(F)c(O)cc2[nH]1.O=c1ccc2cc(F)c(OC3CNC3)cc2[nH]1. The number of H-pyrrole nitrogens is 4. The van der Waals surface area contributed by atoms with Crippen LogP contribution in [-0.2, 0) is 28.6 Å². The number of urea groups is 1. The minimum atomic E-state index is -3.45. The standard InChI is InChI=1S/C22H17F3N4O3.C17H19FN2O4.C14H11F2N3O.C12H11FN2O2.C9H6FNO2.C9H17NO5S/c23-14-5-13(6-15(24)8-14)19-3-4-26-29(19)22(31)28-10-16(11-28)32-20-9-18-12(7-17(20)25)1-2-21(30)27-18;1-17(2,3)24-16(22)20-8-11(9-20)23-14-7-13-10(6-12(14)18)4-5-15(21)19-13;15-11-5-10(6-12(16)7-11)13-2-4-18-19(13)14(20)9-1-3-17-8-9;13-9-3-7-1-2-12(16)15-10(7)4-11(9)17-8-5-14-6-8;10-6-3-5-1-2-9(13)11-7(5)4-8(6)12;1-9(2,3)14-8(11)10-5-7(6-10)15-16(4,12)13/h1-2,4-9,16,19H,3,10-11H2,(H,27,30);4-7,11H,8-9H2,1-3H3,(H,19,21);1,3-9,13H,2H2;1-4,8,14H,5-6H2,(H,15,16);1-4,12H,(H,11,13);7H,5-6H2,1-4H3/t19-;;9?,13-;;;/m0.0.../s1. The van der Waals surface area contributed by atoms with Crippen molar-refractivity contribution in [2.45, 2.75) is 102 Å². The number of phenolic OH excluding ortho intramolecular Hbond substituents is 1. The number of likely N-dealkylation sites (tertiary alicyclic amines) is 3. The van der Waals surface area contributed by atoms with Crippen molar-refractivity contribution in [2.75, 3.05) is 58.6 Å². The Bertz CT molecular complexity index is 6080. The van der Waals surface area contributed by atoms with Crippen molar-refractivity contribution in [1.29, 1.82) is 0 Å². The highest BCUT2D eigenvalue weighted by Crippen LogP contribution is 2.36. The van der Waals surface area contributed by atoms with Gasteiger partial charge in [-0.1, -0.05) is 0 Å². The first kappa shape index (κ1) is 88.0. The monoisotopic (exact) mass is 1720 g/mol. The molecule has 642 valence electrons. The van der Waals surface area contributed by atoms with E-state index in [1.54, 1.807) is 72.2 Å². The van der Waals surface area contributed by atoms with Crippen molar-refractivity contribution in [3.8, 4) is 23.0 Å². The summed E-state index contributed by atoms with van der Waals surface area (Å²) < 4.78 is 162. The Morgan fingerprint density at radius 1 is 0.459 bits per heavy atom. The number of hydrogen-bond acceptors (Lipinski definition) is 21. The van der Waals surface area contributed by atoms with Crippen LogP contribution in [0.25, 0.3) is 43.6 Å². The molecule has 0 radical (unpaired) electrons. The molecular formula is C83H81F8N13O17S. The maximum atomic E-state index is 14.4. The average Bonchev–Trinajstić information content (AvgIpc) is 1.63. The van der Waals surface area contributed by atoms with E-state index < -0.39 is 122 Å². The Labute approximate surface area is 688 Å². The molecule has 39 heteroatoms. The van der Waals surface area contributed by atoms with Crippen molar-refractivity contribution in [1.82, 2.24) is 50.0 Å². The van der Waals surface area contributed by atoms with Crippen molar-refractivity contribution in [3.05, 3.63) is 245 Å². The van der Waals surface area contributed by atoms with Crippen LogP contribution in [0.4, 0.5) is 49.5 Å². The molecule has 30 nitrogen and oxygen atoms in total. The number of hydrazone groups is 2. The van der Waals surface area contributed by atoms with Crippen LogP contribution in [0.2, 0.25) is 0 Å². The Morgan fingerprint density at radius 2 is 0.820 bits per heavy atom. The number of hydrogen-bond donors (Lipinski definition) is 6. The van der Waals surface area contributed by atoms with Gasteiger partial charge in [-0.2, -0.15) is 18.6 Å². The van der Waals surface area contributed by atoms with E-state index in [4.69, 9.17) is 33.0 Å². The Balaban J connectivity index is 0.000000137. The largest absolute Gasteiger partial charge is 0.505 e. The first-order valence-corrected chi connectivity index (χ1v) is 39.6. The number of nitrogens with one attached hydrogen (secondary N) is 5. The van der Waals surface area contributed by atoms with E-state index in [0.717, 1.165) is 31.5 Å². The Morgan fingerprint density at radius 3 is 1.19 bits per heavy atom. The molecule has 4 aromatic heterocycles. The molecule has 6 N–H and O–H groups in total. The van der Waals surface area contributed by atoms with Gasteiger partial charge in [0, 0.05) is 133 Å². The topological polar surface area (TPSA) is 375 Å². The fourth-order valence-electron chi connectivity index (χ4n) is 12.8. The summed E-state index contributed by atoms with van der Waals surface area (Å²) in [5, 5.41) is 24.9. The van der Waals surface area contributed by atoms with Crippen LogP contribution in [0, 0.1) is 52.5 Å². The Kier molecular flexibility index (Phi) is 26.8. The number of carbonyl (C=O) groups excluding carboxylic acids is 4. The molecule has 0 bridgehead atoms. The number of benzene rings is 6. The van der Waals surface area contributed by atoms with Gasteiger partial charge in [-0.25, -0.2) is 59.5 Å². The van der Waals surface area contributed by atoms with Crippen LogP contribution in [0.1, 0.15) is 77.6 Å². The number of fused-ring (bicyclic) bond motifs is 4. The number of pyridine rings is 4. The highest BCUT2D eigenvalue weighted by atomic mass is 32.2. The molecule has 3 atom stereocenters. The maximum Gasteiger partial charge on any atom is 0.410 e. The number of aromatic hydroxyl groups is 1. The highest BCUT2D eigenvalue weighted by Gasteiger charge is 2.41. The lowest BCUT2D eigenvalue weighted by molar-refractivity contribution is -0.133. The quantitative estimate of drug-likeness (QED) is 0.0517. The van der Waals surface area contributed by atoms with Gasteiger partial charge >= 0.3 is 18.2 Å². The second kappa shape index (κ2) is 37.1. The summed E-state index contributed by atoms with van der Waals surface area (Å²) in [6.07, 6.45) is 7.52. The number of ether oxygens (including phenoxy) is 5. The van der Waals surface area contributed by atoms with Gasteiger partial charge < -0.3 is 68.7 Å². The lowest BCUT2D eigenvalue weighted by Crippen LogP contribution is -2.58. The number of rotatable bonds is 11. The third kappa shape index (κ3) is 23.2. The molecule has 6 aromatic carbocycles. The van der Waals surface area contributed by atoms with Gasteiger partial charge in [0.15, 0.2) is 46.3 Å². The summed E-state index contributed by atoms with van der Waals surface area (Å²) in [5.74, 6) is -5.94. The molecule has 4 saturated heterocycles. The molecule has 122 heavy (non-hydrogen) atoms. The van der Waals surface area contributed by atoms with Gasteiger partial charge in [0.25, 0.3) is 16.0 Å². The number of aromatic amines is 4. The van der Waals surface area contributed by atoms with Crippen molar-refractivity contribution in [3.63, 3.8) is 0 Å². The van der Waals surface area contributed by atoms with Gasteiger partial charge in [-0.15, -0.1) is 0 Å². The molecule has 10 aromatic rings. The summed E-state index contributed by atoms with van der Waals surface area (Å²) in [6.45, 7) is 13.7. The second-order valence-corrected chi connectivity index (χ2v) is 32.3. The fraction of sp³-hybridized carbons (Fsp3) is 0.313. The molecule has 0 spiro atoms. The molecular weight excluding hydrogens is 1640 g/mol. The molecule has 5 amide bonds. The van der Waals surface area contributed by atoms with Gasteiger partial charge in [0.1, 0.15) is 58.9 Å². The minimum Gasteiger partial charge on any atom is -0.505 e. The number of halogens is 8. The second-order valence-electron chi connectivity index (χ2n) is 30.7. The maximum absolute atomic E-state index is 14.4. The molecule has 17 rings (SSSR count). The van der Waals surface area contributed by atoms with Gasteiger partial charge in [-0.3, -0.25) is 33.1 Å². The van der Waals surface area contributed by atoms with Gasteiger partial charge in [-0.05, 0) is 132 Å². The first-order valence-electron chi connectivity index (χ1n) is 37.8. The molecule has 11 heterocycles. The minimum absolute atomic E-state index is 0.0115.